The summed E-state index contributed by atoms with van der Waals surface area (Å²) in [4.78, 5) is 1.09. The summed E-state index contributed by atoms with van der Waals surface area (Å²) in [5.41, 5.74) is 6.77. The highest BCUT2D eigenvalue weighted by molar-refractivity contribution is 9.10. The van der Waals surface area contributed by atoms with E-state index in [1.165, 1.54) is 11.3 Å². The van der Waals surface area contributed by atoms with Gasteiger partial charge in [0.15, 0.2) is 0 Å². The Bertz CT molecular complexity index is 542. The Morgan fingerprint density at radius 3 is 2.79 bits per heavy atom. The maximum atomic E-state index is 6.07. The minimum atomic E-state index is 0.00472. The van der Waals surface area contributed by atoms with Crippen molar-refractivity contribution >= 4 is 44.6 Å². The molecule has 3 N–H and O–H groups in total. The third-order valence-corrected chi connectivity index (χ3v) is 5.27. The molecule has 1 unspecified atom stereocenters. The van der Waals surface area contributed by atoms with Crippen molar-refractivity contribution in [1.29, 1.82) is 0 Å². The third-order valence-electron chi connectivity index (χ3n) is 2.68. The second-order valence-electron chi connectivity index (χ2n) is 3.90. The van der Waals surface area contributed by atoms with Crippen molar-refractivity contribution in [3.8, 4) is 5.75 Å². The lowest BCUT2D eigenvalue weighted by molar-refractivity contribution is 0.416. The summed E-state index contributed by atoms with van der Waals surface area (Å²) in [6, 6.07) is 9.76. The van der Waals surface area contributed by atoms with Crippen LogP contribution in [0, 0.1) is 0 Å². The number of thiophene rings is 1. The van der Waals surface area contributed by atoms with Gasteiger partial charge in [-0.25, -0.2) is 0 Å². The van der Waals surface area contributed by atoms with Crippen LogP contribution in [0.1, 0.15) is 10.9 Å². The van der Waals surface area contributed by atoms with Crippen molar-refractivity contribution in [3.05, 3.63) is 44.0 Å². The van der Waals surface area contributed by atoms with Crippen LogP contribution in [0.2, 0.25) is 4.34 Å². The first-order chi connectivity index (χ1) is 9.15. The monoisotopic (exact) mass is 360 g/mol. The Morgan fingerprint density at radius 1 is 1.47 bits per heavy atom. The lowest BCUT2D eigenvalue weighted by atomic mass is 10.2. The smallest absolute Gasteiger partial charge is 0.141 e. The van der Waals surface area contributed by atoms with Gasteiger partial charge in [-0.05, 0) is 34.1 Å². The van der Waals surface area contributed by atoms with Gasteiger partial charge in [-0.2, -0.15) is 0 Å². The van der Waals surface area contributed by atoms with Gasteiger partial charge < -0.3 is 15.8 Å². The number of nitrogens with one attached hydrogen (secondary N) is 1. The third kappa shape index (κ3) is 3.42. The highest BCUT2D eigenvalue weighted by Gasteiger charge is 2.16. The van der Waals surface area contributed by atoms with Gasteiger partial charge in [0.1, 0.15) is 10.1 Å². The first kappa shape index (κ1) is 14.7. The zero-order valence-corrected chi connectivity index (χ0v) is 13.5. The molecule has 3 nitrogen and oxygen atoms in total. The molecule has 0 aliphatic heterocycles. The maximum absolute atomic E-state index is 6.07. The van der Waals surface area contributed by atoms with Gasteiger partial charge in [-0.1, -0.05) is 23.7 Å². The molecule has 0 amide bonds. The molecule has 6 heteroatoms. The molecule has 2 aromatic rings. The molecule has 19 heavy (non-hydrogen) atoms. The van der Waals surface area contributed by atoms with Crippen molar-refractivity contribution in [2.24, 2.45) is 5.73 Å². The molecule has 2 rings (SSSR count). The normalized spacial score (nSPS) is 12.2. The number of benzene rings is 1. The first-order valence-electron chi connectivity index (χ1n) is 5.70. The molecular formula is C13H14BrClN2OS. The molecule has 102 valence electrons. The zero-order valence-electron chi connectivity index (χ0n) is 10.3. The fourth-order valence-corrected chi connectivity index (χ4v) is 3.53. The summed E-state index contributed by atoms with van der Waals surface area (Å²) in [6.45, 7) is 0.474. The van der Waals surface area contributed by atoms with E-state index >= 15 is 0 Å². The minimum absolute atomic E-state index is 0.00472. The van der Waals surface area contributed by atoms with Crippen molar-refractivity contribution in [2.45, 2.75) is 6.04 Å². The highest BCUT2D eigenvalue weighted by atomic mass is 79.9. The second kappa shape index (κ2) is 6.61. The Hall–Kier alpha value is -0.750. The summed E-state index contributed by atoms with van der Waals surface area (Å²) in [7, 11) is 1.65. The van der Waals surface area contributed by atoms with Crippen LogP contribution in [0.3, 0.4) is 0 Å². The zero-order chi connectivity index (χ0) is 13.8. The van der Waals surface area contributed by atoms with E-state index in [1.54, 1.807) is 7.11 Å². The van der Waals surface area contributed by atoms with Crippen LogP contribution in [0.5, 0.6) is 5.75 Å². The Morgan fingerprint density at radius 2 is 2.21 bits per heavy atom. The van der Waals surface area contributed by atoms with Crippen LogP contribution in [-0.4, -0.2) is 13.7 Å². The van der Waals surface area contributed by atoms with E-state index in [4.69, 9.17) is 22.1 Å². The molecule has 0 saturated heterocycles. The van der Waals surface area contributed by atoms with E-state index < -0.39 is 0 Å². The molecule has 0 saturated carbocycles. The maximum Gasteiger partial charge on any atom is 0.141 e. The minimum Gasteiger partial charge on any atom is -0.495 e. The first-order valence-corrected chi connectivity index (χ1v) is 7.68. The lowest BCUT2D eigenvalue weighted by Gasteiger charge is -2.18. The fraction of sp³-hybridized carbons (Fsp3) is 0.231. The van der Waals surface area contributed by atoms with Crippen LogP contribution >= 0.6 is 38.9 Å². The summed E-state index contributed by atoms with van der Waals surface area (Å²) in [6.07, 6.45) is 0. The SMILES string of the molecule is COc1ccccc1NC(CN)c1cc(Br)c(Cl)s1. The van der Waals surface area contributed by atoms with Gasteiger partial charge >= 0.3 is 0 Å². The molecule has 1 aromatic heterocycles. The molecule has 1 atom stereocenters. The van der Waals surface area contributed by atoms with Gasteiger partial charge in [0.2, 0.25) is 0 Å². The molecule has 0 aliphatic carbocycles. The molecule has 0 bridgehead atoms. The summed E-state index contributed by atoms with van der Waals surface area (Å²) in [5.74, 6) is 0.794. The molecule has 0 radical (unpaired) electrons. The van der Waals surface area contributed by atoms with Gasteiger partial charge in [-0.3, -0.25) is 0 Å². The number of hydrogen-bond donors (Lipinski definition) is 2. The predicted molar refractivity (Wildman–Crippen MR) is 85.4 cm³/mol. The Kier molecular flexibility index (Phi) is 5.10. The number of anilines is 1. The molecule has 0 aliphatic rings. The van der Waals surface area contributed by atoms with Crippen molar-refractivity contribution in [2.75, 3.05) is 19.0 Å². The fourth-order valence-electron chi connectivity index (χ4n) is 1.73. The molecule has 0 fully saturated rings. The van der Waals surface area contributed by atoms with Crippen LogP contribution in [0.25, 0.3) is 0 Å². The predicted octanol–water partition coefficient (Wildman–Crippen LogP) is 4.28. The van der Waals surface area contributed by atoms with E-state index in [0.717, 1.165) is 25.1 Å². The largest absolute Gasteiger partial charge is 0.495 e. The van der Waals surface area contributed by atoms with Crippen LogP contribution in [0.15, 0.2) is 34.8 Å². The average molecular weight is 362 g/mol. The molecule has 0 spiro atoms. The number of halogens is 2. The van der Waals surface area contributed by atoms with Crippen molar-refractivity contribution in [1.82, 2.24) is 0 Å². The summed E-state index contributed by atoms with van der Waals surface area (Å²) in [5, 5.41) is 3.39. The van der Waals surface area contributed by atoms with Gasteiger partial charge in [0, 0.05) is 15.9 Å². The molecule has 1 aromatic carbocycles. The standard InChI is InChI=1S/C13H14BrClN2OS/c1-18-11-5-3-2-4-9(11)17-10(7-16)12-6-8(14)13(15)19-12/h2-6,10,17H,7,16H2,1H3. The van der Waals surface area contributed by atoms with E-state index in [1.807, 2.05) is 30.3 Å². The quantitative estimate of drug-likeness (QED) is 0.835. The number of methoxy groups -OCH3 is 1. The van der Waals surface area contributed by atoms with Crippen LogP contribution < -0.4 is 15.8 Å². The number of ether oxygens (including phenoxy) is 1. The van der Waals surface area contributed by atoms with Gasteiger partial charge in [0.25, 0.3) is 0 Å². The van der Waals surface area contributed by atoms with E-state index in [2.05, 4.69) is 21.2 Å². The summed E-state index contributed by atoms with van der Waals surface area (Å²) >= 11 is 11.0. The van der Waals surface area contributed by atoms with Crippen molar-refractivity contribution < 1.29 is 4.74 Å². The lowest BCUT2D eigenvalue weighted by Crippen LogP contribution is -2.19. The Balaban J connectivity index is 2.23. The number of para-hydroxylation sites is 2. The van der Waals surface area contributed by atoms with Crippen LogP contribution in [0.4, 0.5) is 5.69 Å². The Labute approximate surface area is 129 Å². The number of hydrogen-bond acceptors (Lipinski definition) is 4. The average Bonchev–Trinajstić information content (AvgIpc) is 2.76. The number of rotatable bonds is 5. The summed E-state index contributed by atoms with van der Waals surface area (Å²) < 4.78 is 6.95. The second-order valence-corrected chi connectivity index (χ2v) is 6.44. The van der Waals surface area contributed by atoms with E-state index in [0.29, 0.717) is 6.54 Å². The van der Waals surface area contributed by atoms with Gasteiger partial charge in [-0.15, -0.1) is 11.3 Å². The van der Waals surface area contributed by atoms with E-state index in [9.17, 15) is 0 Å². The van der Waals surface area contributed by atoms with Gasteiger partial charge in [0.05, 0.1) is 18.8 Å². The number of nitrogens with two attached hydrogens (primary N) is 1. The van der Waals surface area contributed by atoms with Crippen LogP contribution in [-0.2, 0) is 0 Å². The molecule has 1 heterocycles. The topological polar surface area (TPSA) is 47.3 Å². The molecular weight excluding hydrogens is 348 g/mol. The van der Waals surface area contributed by atoms with E-state index in [-0.39, 0.29) is 6.04 Å². The van der Waals surface area contributed by atoms with Crippen molar-refractivity contribution in [3.63, 3.8) is 0 Å². The highest BCUT2D eigenvalue weighted by Crippen LogP contribution is 2.37.